The van der Waals surface area contributed by atoms with Gasteiger partial charge in [-0.25, -0.2) is 0 Å². The highest BCUT2D eigenvalue weighted by Crippen LogP contribution is 2.42. The first kappa shape index (κ1) is 18.1. The van der Waals surface area contributed by atoms with E-state index in [9.17, 15) is 0 Å². The Morgan fingerprint density at radius 3 is 1.54 bits per heavy atom. The van der Waals surface area contributed by atoms with Gasteiger partial charge in [-0.3, -0.25) is 0 Å². The van der Waals surface area contributed by atoms with Crippen LogP contribution in [0, 0.1) is 0 Å². The van der Waals surface area contributed by atoms with Crippen LogP contribution in [0.3, 0.4) is 0 Å². The molecule has 4 N–H and O–H groups in total. The molecule has 0 aliphatic heterocycles. The predicted octanol–water partition coefficient (Wildman–Crippen LogP) is 6.43. The van der Waals surface area contributed by atoms with E-state index in [1.54, 1.807) is 0 Å². The summed E-state index contributed by atoms with van der Waals surface area (Å²) in [5.74, 6) is 0.897. The third kappa shape index (κ3) is 3.45. The molecular formula is C24H28N2. The molecule has 0 saturated heterocycles. The average molecular weight is 345 g/mol. The van der Waals surface area contributed by atoms with Crippen LogP contribution in [0.25, 0.3) is 22.3 Å². The molecule has 3 aromatic rings. The van der Waals surface area contributed by atoms with E-state index in [0.29, 0.717) is 11.8 Å². The van der Waals surface area contributed by atoms with Crippen LogP contribution in [-0.2, 0) is 0 Å². The fourth-order valence-electron chi connectivity index (χ4n) is 3.63. The minimum Gasteiger partial charge on any atom is -0.399 e. The highest BCUT2D eigenvalue weighted by atomic mass is 14.5. The fourth-order valence-corrected chi connectivity index (χ4v) is 3.63. The van der Waals surface area contributed by atoms with E-state index in [0.717, 1.165) is 11.4 Å². The molecule has 0 atom stereocenters. The van der Waals surface area contributed by atoms with E-state index in [1.165, 1.54) is 33.4 Å². The summed E-state index contributed by atoms with van der Waals surface area (Å²) in [6.07, 6.45) is 0. The minimum atomic E-state index is 0.425. The standard InChI is InChI=1S/C24H28N2/c1-15(2)21-13-14-22(17-5-9-19(25)10-6-17)24(23(21)16(3)4)18-7-11-20(26)12-8-18/h5-16H,25-26H2,1-4H3. The van der Waals surface area contributed by atoms with E-state index in [4.69, 9.17) is 11.5 Å². The maximum Gasteiger partial charge on any atom is 0.0314 e. The molecule has 0 spiro atoms. The predicted molar refractivity (Wildman–Crippen MR) is 114 cm³/mol. The summed E-state index contributed by atoms with van der Waals surface area (Å²) in [6.45, 7) is 9.07. The number of benzene rings is 3. The zero-order valence-electron chi connectivity index (χ0n) is 16.1. The molecule has 0 amide bonds. The van der Waals surface area contributed by atoms with Gasteiger partial charge >= 0.3 is 0 Å². The lowest BCUT2D eigenvalue weighted by atomic mass is 9.80. The van der Waals surface area contributed by atoms with Gasteiger partial charge in [-0.15, -0.1) is 0 Å². The van der Waals surface area contributed by atoms with Crippen LogP contribution in [0.4, 0.5) is 11.4 Å². The number of hydrogen-bond acceptors (Lipinski definition) is 2. The van der Waals surface area contributed by atoms with Crippen molar-refractivity contribution in [3.63, 3.8) is 0 Å². The number of anilines is 2. The molecule has 3 rings (SSSR count). The Morgan fingerprint density at radius 2 is 1.08 bits per heavy atom. The number of nitrogen functional groups attached to an aromatic ring is 2. The fraction of sp³-hybridized carbons (Fsp3) is 0.250. The second-order valence-corrected chi connectivity index (χ2v) is 7.54. The van der Waals surface area contributed by atoms with Gasteiger partial charge in [-0.05, 0) is 69.5 Å². The summed E-state index contributed by atoms with van der Waals surface area (Å²) in [5, 5.41) is 0. The van der Waals surface area contributed by atoms with Gasteiger partial charge in [0, 0.05) is 11.4 Å². The van der Waals surface area contributed by atoms with Gasteiger partial charge < -0.3 is 11.5 Å². The summed E-state index contributed by atoms with van der Waals surface area (Å²) in [6, 6.07) is 20.9. The van der Waals surface area contributed by atoms with Crippen molar-refractivity contribution in [1.29, 1.82) is 0 Å². The van der Waals surface area contributed by atoms with Crippen molar-refractivity contribution >= 4 is 11.4 Å². The van der Waals surface area contributed by atoms with Crippen LogP contribution < -0.4 is 11.5 Å². The quantitative estimate of drug-likeness (QED) is 0.536. The highest BCUT2D eigenvalue weighted by Gasteiger charge is 2.20. The first-order valence-electron chi connectivity index (χ1n) is 9.27. The van der Waals surface area contributed by atoms with E-state index in [2.05, 4.69) is 64.1 Å². The second-order valence-electron chi connectivity index (χ2n) is 7.54. The molecule has 134 valence electrons. The van der Waals surface area contributed by atoms with E-state index in [1.807, 2.05) is 24.3 Å². The van der Waals surface area contributed by atoms with Crippen molar-refractivity contribution in [3.05, 3.63) is 71.8 Å². The normalized spacial score (nSPS) is 11.3. The van der Waals surface area contributed by atoms with E-state index < -0.39 is 0 Å². The molecule has 0 unspecified atom stereocenters. The molecule has 3 aromatic carbocycles. The summed E-state index contributed by atoms with van der Waals surface area (Å²) < 4.78 is 0. The summed E-state index contributed by atoms with van der Waals surface area (Å²) in [4.78, 5) is 0. The number of rotatable bonds is 4. The van der Waals surface area contributed by atoms with Crippen LogP contribution >= 0.6 is 0 Å². The summed E-state index contributed by atoms with van der Waals surface area (Å²) in [5.41, 5.74) is 21.2. The Morgan fingerprint density at radius 1 is 0.577 bits per heavy atom. The number of nitrogens with two attached hydrogens (primary N) is 2. The molecule has 0 heterocycles. The largest absolute Gasteiger partial charge is 0.399 e. The Labute approximate surface area is 156 Å². The smallest absolute Gasteiger partial charge is 0.0314 e. The van der Waals surface area contributed by atoms with Gasteiger partial charge in [-0.2, -0.15) is 0 Å². The molecule has 2 nitrogen and oxygen atoms in total. The van der Waals surface area contributed by atoms with Crippen LogP contribution in [0.15, 0.2) is 60.7 Å². The monoisotopic (exact) mass is 344 g/mol. The SMILES string of the molecule is CC(C)c1ccc(-c2ccc(N)cc2)c(-c2ccc(N)cc2)c1C(C)C. The van der Waals surface area contributed by atoms with Gasteiger partial charge in [0.25, 0.3) is 0 Å². The van der Waals surface area contributed by atoms with Crippen molar-refractivity contribution in [2.75, 3.05) is 11.5 Å². The Balaban J connectivity index is 2.35. The Kier molecular flexibility index (Phi) is 5.03. The summed E-state index contributed by atoms with van der Waals surface area (Å²) >= 11 is 0. The zero-order valence-corrected chi connectivity index (χ0v) is 16.1. The molecule has 26 heavy (non-hydrogen) atoms. The van der Waals surface area contributed by atoms with Crippen LogP contribution in [0.1, 0.15) is 50.7 Å². The lowest BCUT2D eigenvalue weighted by Gasteiger charge is -2.24. The summed E-state index contributed by atoms with van der Waals surface area (Å²) in [7, 11) is 0. The van der Waals surface area contributed by atoms with Gasteiger partial charge in [0.2, 0.25) is 0 Å². The van der Waals surface area contributed by atoms with Gasteiger partial charge in [0.15, 0.2) is 0 Å². The molecule has 0 aliphatic rings. The number of hydrogen-bond donors (Lipinski definition) is 2. The average Bonchev–Trinajstić information content (AvgIpc) is 2.61. The van der Waals surface area contributed by atoms with Crippen LogP contribution in [-0.4, -0.2) is 0 Å². The first-order valence-corrected chi connectivity index (χ1v) is 9.27. The van der Waals surface area contributed by atoms with Crippen molar-refractivity contribution in [1.82, 2.24) is 0 Å². The molecule has 2 heteroatoms. The minimum absolute atomic E-state index is 0.425. The van der Waals surface area contributed by atoms with Crippen molar-refractivity contribution in [3.8, 4) is 22.3 Å². The molecule has 0 aromatic heterocycles. The third-order valence-corrected chi connectivity index (χ3v) is 4.90. The third-order valence-electron chi connectivity index (χ3n) is 4.90. The molecule has 0 fully saturated rings. The molecule has 0 aliphatic carbocycles. The highest BCUT2D eigenvalue weighted by molar-refractivity contribution is 5.87. The Hall–Kier alpha value is -2.74. The van der Waals surface area contributed by atoms with E-state index in [-0.39, 0.29) is 0 Å². The van der Waals surface area contributed by atoms with Gasteiger partial charge in [0.05, 0.1) is 0 Å². The first-order chi connectivity index (χ1) is 12.4. The van der Waals surface area contributed by atoms with Crippen molar-refractivity contribution in [2.24, 2.45) is 0 Å². The second kappa shape index (κ2) is 7.25. The van der Waals surface area contributed by atoms with Gasteiger partial charge in [0.1, 0.15) is 0 Å². The maximum atomic E-state index is 5.93. The maximum absolute atomic E-state index is 5.93. The van der Waals surface area contributed by atoms with Crippen molar-refractivity contribution in [2.45, 2.75) is 39.5 Å². The molecular weight excluding hydrogens is 316 g/mol. The van der Waals surface area contributed by atoms with Crippen LogP contribution in [0.2, 0.25) is 0 Å². The lowest BCUT2D eigenvalue weighted by Crippen LogP contribution is -2.03. The van der Waals surface area contributed by atoms with Gasteiger partial charge in [-0.1, -0.05) is 64.1 Å². The molecule has 0 bridgehead atoms. The van der Waals surface area contributed by atoms with Crippen molar-refractivity contribution < 1.29 is 0 Å². The topological polar surface area (TPSA) is 52.0 Å². The van der Waals surface area contributed by atoms with E-state index >= 15 is 0 Å². The Bertz CT molecular complexity index is 889. The van der Waals surface area contributed by atoms with Crippen LogP contribution in [0.5, 0.6) is 0 Å². The molecule has 0 radical (unpaired) electrons. The molecule has 0 saturated carbocycles. The lowest BCUT2D eigenvalue weighted by molar-refractivity contribution is 0.792. The zero-order chi connectivity index (χ0) is 18.8.